The van der Waals surface area contributed by atoms with Gasteiger partial charge in [-0.15, -0.1) is 0 Å². The van der Waals surface area contributed by atoms with Gasteiger partial charge in [-0.1, -0.05) is 95.7 Å². The largest absolute Gasteiger partial charge is 0.354 e. The number of unbranched alkanes of at least 4 members (excludes halogenated alkanes) is 8. The van der Waals surface area contributed by atoms with Crippen molar-refractivity contribution in [3.63, 3.8) is 0 Å². The van der Waals surface area contributed by atoms with Crippen molar-refractivity contribution in [2.24, 2.45) is 0 Å². The summed E-state index contributed by atoms with van der Waals surface area (Å²) >= 11 is 3.55. The number of hydrogen-bond donors (Lipinski definition) is 1. The highest BCUT2D eigenvalue weighted by molar-refractivity contribution is 7.99. The maximum absolute atomic E-state index is 4.68. The van der Waals surface area contributed by atoms with Crippen LogP contribution in [0.25, 0.3) is 0 Å². The quantitative estimate of drug-likeness (QED) is 0.229. The van der Waals surface area contributed by atoms with Gasteiger partial charge in [0.25, 0.3) is 0 Å². The molecule has 1 aromatic heterocycles. The van der Waals surface area contributed by atoms with Crippen LogP contribution in [-0.4, -0.2) is 33.0 Å². The highest BCUT2D eigenvalue weighted by Crippen LogP contribution is 2.22. The van der Waals surface area contributed by atoms with Crippen LogP contribution in [0.2, 0.25) is 0 Å². The summed E-state index contributed by atoms with van der Waals surface area (Å²) in [4.78, 5) is 13.9. The molecule has 0 aliphatic heterocycles. The van der Waals surface area contributed by atoms with E-state index in [2.05, 4.69) is 41.0 Å². The van der Waals surface area contributed by atoms with Crippen molar-refractivity contribution in [1.82, 2.24) is 15.0 Å². The second kappa shape index (κ2) is 16.7. The van der Waals surface area contributed by atoms with Gasteiger partial charge in [0.05, 0.1) is 0 Å². The van der Waals surface area contributed by atoms with E-state index < -0.39 is 0 Å². The first-order chi connectivity index (χ1) is 12.8. The summed E-state index contributed by atoms with van der Waals surface area (Å²) in [6.45, 7) is 7.67. The average molecular weight is 399 g/mol. The number of nitrogens with one attached hydrogen (secondary N) is 1. The first-order valence-corrected chi connectivity index (χ1v) is 12.5. The van der Waals surface area contributed by atoms with Crippen molar-refractivity contribution in [1.29, 1.82) is 0 Å². The first kappa shape index (κ1) is 23.5. The van der Waals surface area contributed by atoms with Crippen LogP contribution in [0.15, 0.2) is 10.3 Å². The monoisotopic (exact) mass is 398 g/mol. The lowest BCUT2D eigenvalue weighted by Gasteiger charge is -2.08. The average Bonchev–Trinajstić information content (AvgIpc) is 2.65. The molecular weight excluding hydrogens is 360 g/mol. The van der Waals surface area contributed by atoms with Gasteiger partial charge in [-0.25, -0.2) is 0 Å². The van der Waals surface area contributed by atoms with Crippen molar-refractivity contribution < 1.29 is 0 Å². The summed E-state index contributed by atoms with van der Waals surface area (Å²) in [5.74, 6) is 2.95. The molecule has 0 bridgehead atoms. The molecule has 1 aromatic rings. The van der Waals surface area contributed by atoms with Crippen LogP contribution in [0.5, 0.6) is 0 Å². The summed E-state index contributed by atoms with van der Waals surface area (Å²) in [6, 6.07) is 0. The van der Waals surface area contributed by atoms with Crippen LogP contribution < -0.4 is 5.32 Å². The lowest BCUT2D eigenvalue weighted by Crippen LogP contribution is -2.08. The normalized spacial score (nSPS) is 11.0. The second-order valence-corrected chi connectivity index (χ2v) is 8.80. The SMILES string of the molecule is CCCCCCSc1nc(NCCCCC)nc(SCCCCCC)n1. The molecule has 0 radical (unpaired) electrons. The second-order valence-electron chi connectivity index (χ2n) is 6.68. The molecule has 1 N–H and O–H groups in total. The van der Waals surface area contributed by atoms with Crippen LogP contribution in [0, 0.1) is 0 Å². The van der Waals surface area contributed by atoms with Gasteiger partial charge in [-0.3, -0.25) is 0 Å². The summed E-state index contributed by atoms with van der Waals surface area (Å²) in [5.41, 5.74) is 0. The van der Waals surface area contributed by atoms with Gasteiger partial charge >= 0.3 is 0 Å². The zero-order valence-electron chi connectivity index (χ0n) is 17.1. The van der Waals surface area contributed by atoms with E-state index in [4.69, 9.17) is 0 Å². The first-order valence-electron chi connectivity index (χ1n) is 10.6. The molecule has 150 valence electrons. The molecule has 0 saturated heterocycles. The van der Waals surface area contributed by atoms with Crippen LogP contribution in [0.1, 0.15) is 91.4 Å². The standard InChI is InChI=1S/C20H38N4S2/c1-4-7-10-13-16-25-19-22-18(21-15-12-9-6-3)23-20(24-19)26-17-14-11-8-5-2/h4-17H2,1-3H3,(H,21,22,23,24). The Balaban J connectivity index is 2.53. The Kier molecular flexibility index (Phi) is 15.1. The summed E-state index contributed by atoms with van der Waals surface area (Å²) < 4.78 is 0. The third kappa shape index (κ3) is 12.0. The molecule has 1 heterocycles. The van der Waals surface area contributed by atoms with E-state index in [1.54, 1.807) is 23.5 Å². The Bertz CT molecular complexity index is 425. The van der Waals surface area contributed by atoms with Gasteiger partial charge in [0.1, 0.15) is 0 Å². The van der Waals surface area contributed by atoms with E-state index in [9.17, 15) is 0 Å². The minimum Gasteiger partial charge on any atom is -0.354 e. The Morgan fingerprint density at radius 1 is 0.615 bits per heavy atom. The Morgan fingerprint density at radius 2 is 1.12 bits per heavy atom. The van der Waals surface area contributed by atoms with Gasteiger partial charge in [-0.05, 0) is 19.3 Å². The third-order valence-corrected chi connectivity index (χ3v) is 5.98. The molecular formula is C20H38N4S2. The van der Waals surface area contributed by atoms with Crippen molar-refractivity contribution >= 4 is 29.5 Å². The fourth-order valence-electron chi connectivity index (χ4n) is 2.51. The van der Waals surface area contributed by atoms with Crippen LogP contribution >= 0.6 is 23.5 Å². The molecule has 0 amide bonds. The molecule has 6 heteroatoms. The number of anilines is 1. The van der Waals surface area contributed by atoms with Gasteiger partial charge in [0.2, 0.25) is 5.95 Å². The van der Waals surface area contributed by atoms with E-state index in [-0.39, 0.29) is 0 Å². The predicted octanol–water partition coefficient (Wildman–Crippen LogP) is 6.82. The number of hydrogen-bond acceptors (Lipinski definition) is 6. The summed E-state index contributed by atoms with van der Waals surface area (Å²) in [6.07, 6.45) is 13.9. The molecule has 1 rings (SSSR count). The van der Waals surface area contributed by atoms with Gasteiger partial charge in [0, 0.05) is 18.1 Å². The Hall–Kier alpha value is -0.490. The van der Waals surface area contributed by atoms with E-state index in [1.165, 1.54) is 70.6 Å². The molecule has 0 aliphatic carbocycles. The molecule has 0 atom stereocenters. The Labute approximate surface area is 169 Å². The maximum Gasteiger partial charge on any atom is 0.227 e. The highest BCUT2D eigenvalue weighted by atomic mass is 32.2. The fourth-order valence-corrected chi connectivity index (χ4v) is 4.23. The van der Waals surface area contributed by atoms with E-state index in [0.29, 0.717) is 0 Å². The van der Waals surface area contributed by atoms with Crippen molar-refractivity contribution in [2.45, 2.75) is 102 Å². The smallest absolute Gasteiger partial charge is 0.227 e. The topological polar surface area (TPSA) is 50.7 Å². The summed E-state index contributed by atoms with van der Waals surface area (Å²) in [7, 11) is 0. The van der Waals surface area contributed by atoms with Gasteiger partial charge < -0.3 is 5.32 Å². The molecule has 0 fully saturated rings. The highest BCUT2D eigenvalue weighted by Gasteiger charge is 2.08. The molecule has 4 nitrogen and oxygen atoms in total. The lowest BCUT2D eigenvalue weighted by molar-refractivity contribution is 0.703. The molecule has 0 aromatic carbocycles. The number of nitrogens with zero attached hydrogens (tertiary/aromatic N) is 3. The fraction of sp³-hybridized carbons (Fsp3) is 0.850. The van der Waals surface area contributed by atoms with E-state index in [1.807, 2.05) is 0 Å². The van der Waals surface area contributed by atoms with E-state index in [0.717, 1.165) is 34.3 Å². The van der Waals surface area contributed by atoms with Crippen LogP contribution in [0.3, 0.4) is 0 Å². The van der Waals surface area contributed by atoms with Crippen molar-refractivity contribution in [3.8, 4) is 0 Å². The molecule has 0 saturated carbocycles. The Morgan fingerprint density at radius 3 is 1.62 bits per heavy atom. The zero-order valence-corrected chi connectivity index (χ0v) is 18.7. The molecule has 0 aliphatic rings. The zero-order chi connectivity index (χ0) is 18.9. The van der Waals surface area contributed by atoms with Crippen molar-refractivity contribution in [3.05, 3.63) is 0 Å². The number of thioether (sulfide) groups is 2. The maximum atomic E-state index is 4.68. The number of aromatic nitrogens is 3. The van der Waals surface area contributed by atoms with Crippen molar-refractivity contribution in [2.75, 3.05) is 23.4 Å². The molecule has 0 unspecified atom stereocenters. The minimum absolute atomic E-state index is 0.753. The van der Waals surface area contributed by atoms with E-state index >= 15 is 0 Å². The van der Waals surface area contributed by atoms with Gasteiger partial charge in [-0.2, -0.15) is 15.0 Å². The van der Waals surface area contributed by atoms with Gasteiger partial charge in [0.15, 0.2) is 10.3 Å². The lowest BCUT2D eigenvalue weighted by atomic mass is 10.2. The minimum atomic E-state index is 0.753. The number of rotatable bonds is 17. The van der Waals surface area contributed by atoms with Crippen LogP contribution in [0.4, 0.5) is 5.95 Å². The van der Waals surface area contributed by atoms with Crippen LogP contribution in [-0.2, 0) is 0 Å². The molecule has 26 heavy (non-hydrogen) atoms. The predicted molar refractivity (Wildman–Crippen MR) is 118 cm³/mol. The summed E-state index contributed by atoms with van der Waals surface area (Å²) in [5, 5.41) is 5.15. The molecule has 0 spiro atoms. The third-order valence-electron chi connectivity index (χ3n) is 4.12.